The standard InChI is InChI=1S/C13H13NO5/c1-7(15)12-10(13(16)17)11(14-19-12)8-3-5-9(18-2)6-4-8/h3-7,15H,1-2H3,(H,16,17)/t7-/m0/s1. The lowest BCUT2D eigenvalue weighted by Crippen LogP contribution is -2.03. The van der Waals surface area contributed by atoms with Crippen molar-refractivity contribution in [1.82, 2.24) is 5.16 Å². The number of hydrogen-bond acceptors (Lipinski definition) is 5. The Hall–Kier alpha value is -2.34. The molecule has 0 bridgehead atoms. The van der Waals surface area contributed by atoms with Crippen LogP contribution in [0.25, 0.3) is 11.3 Å². The quantitative estimate of drug-likeness (QED) is 0.877. The Morgan fingerprint density at radius 1 is 1.37 bits per heavy atom. The van der Waals surface area contributed by atoms with Gasteiger partial charge in [-0.3, -0.25) is 0 Å². The van der Waals surface area contributed by atoms with Crippen molar-refractivity contribution in [2.45, 2.75) is 13.0 Å². The third kappa shape index (κ3) is 2.43. The Morgan fingerprint density at radius 2 is 2.00 bits per heavy atom. The maximum absolute atomic E-state index is 11.3. The molecule has 2 N–H and O–H groups in total. The van der Waals surface area contributed by atoms with Crippen LogP contribution in [0.5, 0.6) is 5.75 Å². The van der Waals surface area contributed by atoms with E-state index < -0.39 is 12.1 Å². The van der Waals surface area contributed by atoms with Crippen LogP contribution >= 0.6 is 0 Å². The smallest absolute Gasteiger partial charge is 0.341 e. The molecule has 0 radical (unpaired) electrons. The number of aromatic carboxylic acids is 1. The Morgan fingerprint density at radius 3 is 2.47 bits per heavy atom. The average Bonchev–Trinajstić information content (AvgIpc) is 2.83. The van der Waals surface area contributed by atoms with Gasteiger partial charge in [0.05, 0.1) is 7.11 Å². The van der Waals surface area contributed by atoms with Gasteiger partial charge in [0.25, 0.3) is 0 Å². The molecule has 0 aliphatic heterocycles. The van der Waals surface area contributed by atoms with Crippen molar-refractivity contribution in [2.75, 3.05) is 7.11 Å². The van der Waals surface area contributed by atoms with Gasteiger partial charge >= 0.3 is 5.97 Å². The van der Waals surface area contributed by atoms with Crippen molar-refractivity contribution < 1.29 is 24.3 Å². The van der Waals surface area contributed by atoms with Crippen molar-refractivity contribution in [1.29, 1.82) is 0 Å². The largest absolute Gasteiger partial charge is 0.497 e. The van der Waals surface area contributed by atoms with Gasteiger partial charge in [0.2, 0.25) is 0 Å². The van der Waals surface area contributed by atoms with Gasteiger partial charge in [-0.2, -0.15) is 0 Å². The fourth-order valence-electron chi connectivity index (χ4n) is 1.74. The summed E-state index contributed by atoms with van der Waals surface area (Å²) in [6.07, 6.45) is -1.04. The Bertz CT molecular complexity index is 586. The van der Waals surface area contributed by atoms with Crippen molar-refractivity contribution in [3.8, 4) is 17.0 Å². The van der Waals surface area contributed by atoms with E-state index in [2.05, 4.69) is 5.16 Å². The summed E-state index contributed by atoms with van der Waals surface area (Å²) in [4.78, 5) is 11.3. The van der Waals surface area contributed by atoms with Gasteiger partial charge < -0.3 is 19.5 Å². The first-order valence-corrected chi connectivity index (χ1v) is 5.60. The molecule has 0 saturated heterocycles. The van der Waals surface area contributed by atoms with Gasteiger partial charge in [0, 0.05) is 5.56 Å². The van der Waals surface area contributed by atoms with Crippen LogP contribution in [0.3, 0.4) is 0 Å². The highest BCUT2D eigenvalue weighted by Crippen LogP contribution is 2.30. The second-order valence-electron chi connectivity index (χ2n) is 3.98. The highest BCUT2D eigenvalue weighted by molar-refractivity contribution is 5.95. The zero-order valence-corrected chi connectivity index (χ0v) is 10.5. The number of ether oxygens (including phenoxy) is 1. The number of rotatable bonds is 4. The molecule has 0 amide bonds. The van der Waals surface area contributed by atoms with Crippen LogP contribution in [-0.4, -0.2) is 28.4 Å². The highest BCUT2D eigenvalue weighted by Gasteiger charge is 2.26. The second-order valence-corrected chi connectivity index (χ2v) is 3.98. The molecular weight excluding hydrogens is 250 g/mol. The Labute approximate surface area is 109 Å². The van der Waals surface area contributed by atoms with Gasteiger partial charge in [-0.1, -0.05) is 5.16 Å². The maximum Gasteiger partial charge on any atom is 0.341 e. The number of aromatic nitrogens is 1. The molecular formula is C13H13NO5. The monoisotopic (exact) mass is 263 g/mol. The number of nitrogens with zero attached hydrogens (tertiary/aromatic N) is 1. The highest BCUT2D eigenvalue weighted by atomic mass is 16.5. The minimum Gasteiger partial charge on any atom is -0.497 e. The summed E-state index contributed by atoms with van der Waals surface area (Å²) >= 11 is 0. The van der Waals surface area contributed by atoms with E-state index in [-0.39, 0.29) is 17.0 Å². The van der Waals surface area contributed by atoms with Crippen LogP contribution in [0.4, 0.5) is 0 Å². The molecule has 0 aliphatic carbocycles. The van der Waals surface area contributed by atoms with Crippen LogP contribution in [0.1, 0.15) is 29.1 Å². The van der Waals surface area contributed by atoms with Crippen molar-refractivity contribution in [3.63, 3.8) is 0 Å². The molecule has 6 nitrogen and oxygen atoms in total. The summed E-state index contributed by atoms with van der Waals surface area (Å²) in [6, 6.07) is 6.74. The summed E-state index contributed by atoms with van der Waals surface area (Å²) in [5.74, 6) is -0.596. The van der Waals surface area contributed by atoms with Gasteiger partial charge in [-0.15, -0.1) is 0 Å². The molecule has 2 aromatic rings. The molecule has 1 atom stereocenters. The number of aliphatic hydroxyl groups excluding tert-OH is 1. The summed E-state index contributed by atoms with van der Waals surface area (Å²) < 4.78 is 9.94. The fraction of sp³-hybridized carbons (Fsp3) is 0.231. The topological polar surface area (TPSA) is 92.8 Å². The minimum atomic E-state index is -1.19. The van der Waals surface area contributed by atoms with Gasteiger partial charge in [0.1, 0.15) is 23.1 Å². The third-order valence-corrected chi connectivity index (χ3v) is 2.68. The van der Waals surface area contributed by atoms with Crippen LogP contribution in [-0.2, 0) is 0 Å². The summed E-state index contributed by atoms with van der Waals surface area (Å²) in [5, 5.41) is 22.4. The number of methoxy groups -OCH3 is 1. The molecule has 0 unspecified atom stereocenters. The molecule has 1 aromatic carbocycles. The SMILES string of the molecule is COc1ccc(-c2noc([C@H](C)O)c2C(=O)O)cc1. The van der Waals surface area contributed by atoms with Crippen LogP contribution in [0, 0.1) is 0 Å². The van der Waals surface area contributed by atoms with Crippen molar-refractivity contribution in [3.05, 3.63) is 35.6 Å². The maximum atomic E-state index is 11.3. The average molecular weight is 263 g/mol. The van der Waals surface area contributed by atoms with Gasteiger partial charge in [-0.05, 0) is 31.2 Å². The molecule has 0 fully saturated rings. The van der Waals surface area contributed by atoms with E-state index >= 15 is 0 Å². The lowest BCUT2D eigenvalue weighted by Gasteiger charge is -2.03. The lowest BCUT2D eigenvalue weighted by molar-refractivity contribution is 0.0685. The molecule has 1 heterocycles. The van der Waals surface area contributed by atoms with E-state index in [1.54, 1.807) is 31.4 Å². The molecule has 6 heteroatoms. The summed E-state index contributed by atoms with van der Waals surface area (Å²) in [7, 11) is 1.54. The number of benzene rings is 1. The predicted molar refractivity (Wildman–Crippen MR) is 66.1 cm³/mol. The van der Waals surface area contributed by atoms with Crippen LogP contribution in [0.15, 0.2) is 28.8 Å². The van der Waals surface area contributed by atoms with Gasteiger partial charge in [-0.25, -0.2) is 4.79 Å². The predicted octanol–water partition coefficient (Wildman–Crippen LogP) is 2.10. The molecule has 19 heavy (non-hydrogen) atoms. The van der Waals surface area contributed by atoms with E-state index in [1.807, 2.05) is 0 Å². The van der Waals surface area contributed by atoms with E-state index in [4.69, 9.17) is 9.26 Å². The lowest BCUT2D eigenvalue weighted by atomic mass is 10.0. The van der Waals surface area contributed by atoms with Crippen LogP contribution < -0.4 is 4.74 Å². The minimum absolute atomic E-state index is 0.0571. The molecule has 0 saturated carbocycles. The number of carbonyl (C=O) groups is 1. The first kappa shape index (κ1) is 13.1. The van der Waals surface area contributed by atoms with E-state index in [0.717, 1.165) is 0 Å². The van der Waals surface area contributed by atoms with Crippen molar-refractivity contribution >= 4 is 5.97 Å². The van der Waals surface area contributed by atoms with E-state index in [0.29, 0.717) is 11.3 Å². The van der Waals surface area contributed by atoms with Crippen molar-refractivity contribution in [2.24, 2.45) is 0 Å². The first-order valence-electron chi connectivity index (χ1n) is 5.60. The zero-order valence-electron chi connectivity index (χ0n) is 10.5. The fourth-order valence-corrected chi connectivity index (χ4v) is 1.74. The molecule has 100 valence electrons. The Balaban J connectivity index is 2.52. The zero-order chi connectivity index (χ0) is 14.0. The molecule has 0 aliphatic rings. The van der Waals surface area contributed by atoms with Gasteiger partial charge in [0.15, 0.2) is 5.76 Å². The molecule has 1 aromatic heterocycles. The summed E-state index contributed by atoms with van der Waals surface area (Å²) in [6.45, 7) is 1.42. The number of carboxylic acid groups (broad SMARTS) is 1. The normalized spacial score (nSPS) is 12.2. The summed E-state index contributed by atoms with van der Waals surface area (Å²) in [5.41, 5.74) is 0.639. The molecule has 0 spiro atoms. The Kier molecular flexibility index (Phi) is 3.52. The van der Waals surface area contributed by atoms with Crippen LogP contribution in [0.2, 0.25) is 0 Å². The van der Waals surface area contributed by atoms with E-state index in [1.165, 1.54) is 6.92 Å². The third-order valence-electron chi connectivity index (χ3n) is 2.68. The molecule has 2 rings (SSSR count). The number of hydrogen-bond donors (Lipinski definition) is 2. The number of carboxylic acids is 1. The first-order chi connectivity index (χ1) is 9.04. The van der Waals surface area contributed by atoms with E-state index in [9.17, 15) is 15.0 Å². The second kappa shape index (κ2) is 5.11. The number of aliphatic hydroxyl groups is 1.